The van der Waals surface area contributed by atoms with Crippen LogP contribution >= 0.6 is 0 Å². The molecule has 0 spiro atoms. The van der Waals surface area contributed by atoms with Crippen LogP contribution in [-0.4, -0.2) is 35.6 Å². The van der Waals surface area contributed by atoms with E-state index in [1.54, 1.807) is 6.08 Å². The molecule has 7 heteroatoms. The third-order valence-electron chi connectivity index (χ3n) is 1.92. The summed E-state index contributed by atoms with van der Waals surface area (Å²) in [5, 5.41) is 13.5. The summed E-state index contributed by atoms with van der Waals surface area (Å²) in [6.45, 7) is 3.85. The standard InChI is InChI=1S/C10H17N3O4/c1-2-3-6-12-10(17)13-7(9(15)16)4-5-8(11)14/h2,7H,1,3-6H2,(H2,11,14)(H,15,16)(H2,12,13,17). The molecule has 0 aliphatic rings. The topological polar surface area (TPSA) is 122 Å². The highest BCUT2D eigenvalue weighted by molar-refractivity contribution is 5.83. The van der Waals surface area contributed by atoms with E-state index < -0.39 is 23.9 Å². The van der Waals surface area contributed by atoms with Crippen LogP contribution in [0.5, 0.6) is 0 Å². The van der Waals surface area contributed by atoms with E-state index in [1.165, 1.54) is 0 Å². The first-order valence-electron chi connectivity index (χ1n) is 5.13. The van der Waals surface area contributed by atoms with Crippen molar-refractivity contribution in [2.45, 2.75) is 25.3 Å². The van der Waals surface area contributed by atoms with Gasteiger partial charge in [-0.05, 0) is 12.8 Å². The zero-order chi connectivity index (χ0) is 13.3. The smallest absolute Gasteiger partial charge is 0.326 e. The number of carbonyl (C=O) groups excluding carboxylic acids is 2. The van der Waals surface area contributed by atoms with Gasteiger partial charge in [-0.25, -0.2) is 9.59 Å². The van der Waals surface area contributed by atoms with Crippen molar-refractivity contribution < 1.29 is 19.5 Å². The van der Waals surface area contributed by atoms with Crippen LogP contribution in [0.2, 0.25) is 0 Å². The average Bonchev–Trinajstić information content (AvgIpc) is 2.23. The molecule has 0 aromatic carbocycles. The highest BCUT2D eigenvalue weighted by Gasteiger charge is 2.19. The number of rotatable bonds is 8. The maximum Gasteiger partial charge on any atom is 0.326 e. The van der Waals surface area contributed by atoms with Gasteiger partial charge in [-0.2, -0.15) is 0 Å². The van der Waals surface area contributed by atoms with E-state index in [-0.39, 0.29) is 12.8 Å². The van der Waals surface area contributed by atoms with Gasteiger partial charge in [-0.3, -0.25) is 4.79 Å². The van der Waals surface area contributed by atoms with Crippen molar-refractivity contribution in [1.82, 2.24) is 10.6 Å². The molecule has 0 aliphatic carbocycles. The molecule has 1 atom stereocenters. The third kappa shape index (κ3) is 7.83. The van der Waals surface area contributed by atoms with Crippen molar-refractivity contribution in [1.29, 1.82) is 0 Å². The van der Waals surface area contributed by atoms with Crippen LogP contribution in [0.15, 0.2) is 12.7 Å². The zero-order valence-electron chi connectivity index (χ0n) is 9.44. The minimum Gasteiger partial charge on any atom is -0.480 e. The van der Waals surface area contributed by atoms with E-state index in [4.69, 9.17) is 10.8 Å². The van der Waals surface area contributed by atoms with Crippen LogP contribution in [-0.2, 0) is 9.59 Å². The average molecular weight is 243 g/mol. The molecule has 0 saturated carbocycles. The number of nitrogens with two attached hydrogens (primary N) is 1. The van der Waals surface area contributed by atoms with Crippen molar-refractivity contribution in [3.8, 4) is 0 Å². The number of aliphatic carboxylic acids is 1. The predicted molar refractivity (Wildman–Crippen MR) is 61.2 cm³/mol. The van der Waals surface area contributed by atoms with Gasteiger partial charge in [0.1, 0.15) is 6.04 Å². The molecule has 0 aliphatic heterocycles. The molecule has 0 aromatic rings. The van der Waals surface area contributed by atoms with Crippen molar-refractivity contribution in [2.75, 3.05) is 6.54 Å². The van der Waals surface area contributed by atoms with Gasteiger partial charge in [-0.15, -0.1) is 6.58 Å². The lowest BCUT2D eigenvalue weighted by molar-refractivity contribution is -0.139. The van der Waals surface area contributed by atoms with E-state index in [0.29, 0.717) is 13.0 Å². The Morgan fingerprint density at radius 2 is 2.06 bits per heavy atom. The SMILES string of the molecule is C=CCCNC(=O)NC(CCC(N)=O)C(=O)O. The molecule has 1 unspecified atom stereocenters. The summed E-state index contributed by atoms with van der Waals surface area (Å²) >= 11 is 0. The summed E-state index contributed by atoms with van der Waals surface area (Å²) in [6.07, 6.45) is 2.10. The second kappa shape index (κ2) is 8.14. The number of hydrogen-bond donors (Lipinski definition) is 4. The Balaban J connectivity index is 4.06. The first-order valence-corrected chi connectivity index (χ1v) is 5.13. The van der Waals surface area contributed by atoms with Gasteiger partial charge < -0.3 is 21.5 Å². The number of carboxylic acid groups (broad SMARTS) is 1. The number of hydrogen-bond acceptors (Lipinski definition) is 3. The molecule has 5 N–H and O–H groups in total. The molecule has 0 rings (SSSR count). The van der Waals surface area contributed by atoms with E-state index in [2.05, 4.69) is 17.2 Å². The number of nitrogens with one attached hydrogen (secondary N) is 2. The molecule has 0 bridgehead atoms. The first-order chi connectivity index (χ1) is 7.97. The predicted octanol–water partition coefficient (Wildman–Crippen LogP) is -0.420. The van der Waals surface area contributed by atoms with E-state index in [1.807, 2.05) is 0 Å². The van der Waals surface area contributed by atoms with Crippen LogP contribution in [0, 0.1) is 0 Å². The molecule has 3 amide bonds. The maximum atomic E-state index is 11.2. The second-order valence-corrected chi connectivity index (χ2v) is 3.37. The molecule has 7 nitrogen and oxygen atoms in total. The Bertz CT molecular complexity index is 304. The fourth-order valence-corrected chi connectivity index (χ4v) is 1.04. The van der Waals surface area contributed by atoms with Crippen LogP contribution < -0.4 is 16.4 Å². The lowest BCUT2D eigenvalue weighted by Crippen LogP contribution is -2.46. The van der Waals surface area contributed by atoms with Crippen LogP contribution in [0.25, 0.3) is 0 Å². The lowest BCUT2D eigenvalue weighted by Gasteiger charge is -2.14. The monoisotopic (exact) mass is 243 g/mol. The quantitative estimate of drug-likeness (QED) is 0.341. The van der Waals surface area contributed by atoms with Crippen LogP contribution in [0.4, 0.5) is 4.79 Å². The van der Waals surface area contributed by atoms with E-state index >= 15 is 0 Å². The molecule has 0 aromatic heterocycles. The van der Waals surface area contributed by atoms with Gasteiger partial charge in [0.05, 0.1) is 0 Å². The molecule has 0 radical (unpaired) electrons. The van der Waals surface area contributed by atoms with Gasteiger partial charge in [0.15, 0.2) is 0 Å². The Hall–Kier alpha value is -2.05. The summed E-state index contributed by atoms with van der Waals surface area (Å²) in [5.74, 6) is -1.81. The van der Waals surface area contributed by atoms with Gasteiger partial charge in [0, 0.05) is 13.0 Å². The maximum absolute atomic E-state index is 11.2. The first kappa shape index (κ1) is 14.9. The van der Waals surface area contributed by atoms with Gasteiger partial charge in [0.25, 0.3) is 0 Å². The molecular formula is C10H17N3O4. The fraction of sp³-hybridized carbons (Fsp3) is 0.500. The van der Waals surface area contributed by atoms with Gasteiger partial charge in [-0.1, -0.05) is 6.08 Å². The fourth-order valence-electron chi connectivity index (χ4n) is 1.04. The van der Waals surface area contributed by atoms with Crippen molar-refractivity contribution in [3.63, 3.8) is 0 Å². The van der Waals surface area contributed by atoms with E-state index in [9.17, 15) is 14.4 Å². The summed E-state index contributed by atoms with van der Waals surface area (Å²) in [4.78, 5) is 32.5. The number of primary amides is 1. The summed E-state index contributed by atoms with van der Waals surface area (Å²) < 4.78 is 0. The molecular weight excluding hydrogens is 226 g/mol. The largest absolute Gasteiger partial charge is 0.480 e. The normalized spacial score (nSPS) is 11.3. The lowest BCUT2D eigenvalue weighted by atomic mass is 10.1. The zero-order valence-corrected chi connectivity index (χ0v) is 9.44. The molecule has 0 saturated heterocycles. The van der Waals surface area contributed by atoms with Crippen LogP contribution in [0.1, 0.15) is 19.3 Å². The highest BCUT2D eigenvalue weighted by atomic mass is 16.4. The Kier molecular flexibility index (Phi) is 7.16. The molecule has 0 fully saturated rings. The molecule has 96 valence electrons. The second-order valence-electron chi connectivity index (χ2n) is 3.37. The van der Waals surface area contributed by atoms with Crippen molar-refractivity contribution >= 4 is 17.9 Å². The Morgan fingerprint density at radius 3 is 2.53 bits per heavy atom. The van der Waals surface area contributed by atoms with Gasteiger partial charge in [0.2, 0.25) is 5.91 Å². The van der Waals surface area contributed by atoms with Crippen LogP contribution in [0.3, 0.4) is 0 Å². The minimum absolute atomic E-state index is 0.0282. The Morgan fingerprint density at radius 1 is 1.41 bits per heavy atom. The number of amides is 3. The number of urea groups is 1. The number of carboxylic acids is 1. The molecule has 0 heterocycles. The third-order valence-corrected chi connectivity index (χ3v) is 1.92. The Labute approximate surface area is 99.1 Å². The van der Waals surface area contributed by atoms with E-state index in [0.717, 1.165) is 0 Å². The van der Waals surface area contributed by atoms with Crippen molar-refractivity contribution in [2.24, 2.45) is 5.73 Å². The summed E-state index contributed by atoms with van der Waals surface area (Å²) in [7, 11) is 0. The number of carbonyl (C=O) groups is 3. The minimum atomic E-state index is -1.20. The van der Waals surface area contributed by atoms with Crippen molar-refractivity contribution in [3.05, 3.63) is 12.7 Å². The highest BCUT2D eigenvalue weighted by Crippen LogP contribution is 1.97. The van der Waals surface area contributed by atoms with Gasteiger partial charge >= 0.3 is 12.0 Å². The summed E-state index contributed by atoms with van der Waals surface area (Å²) in [6, 6.07) is -1.71. The molecule has 17 heavy (non-hydrogen) atoms. The summed E-state index contributed by atoms with van der Waals surface area (Å²) in [5.41, 5.74) is 4.90.